The van der Waals surface area contributed by atoms with Gasteiger partial charge in [-0.3, -0.25) is 4.55 Å². The zero-order chi connectivity index (χ0) is 13.4. The minimum Gasteiger partial charge on any atom is -0.324 e. The van der Waals surface area contributed by atoms with Crippen molar-refractivity contribution in [2.45, 2.75) is 46.0 Å². The van der Waals surface area contributed by atoms with E-state index in [9.17, 15) is 8.42 Å². The Morgan fingerprint density at radius 3 is 1.94 bits per heavy atom. The summed E-state index contributed by atoms with van der Waals surface area (Å²) in [4.78, 5) is 0. The first kappa shape index (κ1) is 16.9. The van der Waals surface area contributed by atoms with E-state index >= 15 is 0 Å². The molecule has 1 aliphatic rings. The summed E-state index contributed by atoms with van der Waals surface area (Å²) in [5.74, 6) is 0. The molecule has 0 bridgehead atoms. The average molecular weight is 266 g/mol. The summed E-state index contributed by atoms with van der Waals surface area (Å²) in [5, 5.41) is 0. The highest BCUT2D eigenvalue weighted by Gasteiger charge is 2.26. The number of likely N-dealkylation sites (tertiary alicyclic amines) is 1. The van der Waals surface area contributed by atoms with Gasteiger partial charge in [-0.15, -0.1) is 0 Å². The average Bonchev–Trinajstić information content (AvgIpc) is 2.25. The van der Waals surface area contributed by atoms with Crippen molar-refractivity contribution >= 4 is 10.1 Å². The molecule has 1 fully saturated rings. The van der Waals surface area contributed by atoms with Crippen LogP contribution in [0.3, 0.4) is 0 Å². The number of hydrogen-bond donors (Lipinski definition) is 1. The molecule has 17 heavy (non-hydrogen) atoms. The van der Waals surface area contributed by atoms with Crippen LogP contribution >= 0.6 is 0 Å². The van der Waals surface area contributed by atoms with Gasteiger partial charge in [0.05, 0.1) is 32.4 Å². The monoisotopic (exact) mass is 266 g/mol. The van der Waals surface area contributed by atoms with Crippen LogP contribution in [0.1, 0.15) is 46.0 Å². The van der Waals surface area contributed by atoms with E-state index in [-0.39, 0.29) is 0 Å². The summed E-state index contributed by atoms with van der Waals surface area (Å²) in [6.07, 6.45) is 7.92. The molecule has 0 unspecified atom stereocenters. The van der Waals surface area contributed by atoms with E-state index in [2.05, 4.69) is 13.8 Å². The lowest BCUT2D eigenvalue weighted by Gasteiger charge is -2.40. The molecule has 0 aliphatic carbocycles. The Hall–Kier alpha value is -0.130. The lowest BCUT2D eigenvalue weighted by molar-refractivity contribution is -0.931. The molecular weight excluding hydrogens is 238 g/mol. The molecule has 104 valence electrons. The normalized spacial score (nSPS) is 19.3. The molecule has 1 saturated heterocycles. The van der Waals surface area contributed by atoms with Gasteiger partial charge in [0.2, 0.25) is 0 Å². The molecule has 5 heteroatoms. The SMILES string of the molecule is CCCC[N+]1(CC)CCCCC1.CS(=O)(=O)O. The van der Waals surface area contributed by atoms with E-state index in [4.69, 9.17) is 4.55 Å². The largest absolute Gasteiger partial charge is 0.324 e. The standard InChI is InChI=1S/C11H24N.CH4O3S/c1-3-5-9-12(4-2)10-7-6-8-11-12;1-5(2,3)4/h3-11H2,1-2H3;1H3,(H,2,3,4)/q+1;. The number of nitrogens with zero attached hydrogens (tertiary/aromatic N) is 1. The molecule has 0 saturated carbocycles. The van der Waals surface area contributed by atoms with Crippen LogP contribution in [-0.2, 0) is 10.1 Å². The van der Waals surface area contributed by atoms with Gasteiger partial charge in [-0.1, -0.05) is 13.3 Å². The fourth-order valence-electron chi connectivity index (χ4n) is 2.37. The van der Waals surface area contributed by atoms with Crippen molar-refractivity contribution in [2.24, 2.45) is 0 Å². The highest BCUT2D eigenvalue weighted by molar-refractivity contribution is 7.85. The summed E-state index contributed by atoms with van der Waals surface area (Å²) in [6.45, 7) is 10.4. The van der Waals surface area contributed by atoms with E-state index in [1.165, 1.54) is 62.8 Å². The quantitative estimate of drug-likeness (QED) is 0.627. The van der Waals surface area contributed by atoms with E-state index in [0.717, 1.165) is 0 Å². The molecule has 0 atom stereocenters. The Bertz CT molecular complexity index is 274. The van der Waals surface area contributed by atoms with Crippen LogP contribution in [0.25, 0.3) is 0 Å². The van der Waals surface area contributed by atoms with Crippen LogP contribution in [0.2, 0.25) is 0 Å². The van der Waals surface area contributed by atoms with Gasteiger partial charge >= 0.3 is 0 Å². The Morgan fingerprint density at radius 2 is 1.59 bits per heavy atom. The second kappa shape index (κ2) is 8.06. The zero-order valence-electron chi connectivity index (χ0n) is 11.5. The van der Waals surface area contributed by atoms with Crippen molar-refractivity contribution < 1.29 is 17.5 Å². The summed E-state index contributed by atoms with van der Waals surface area (Å²) in [5.41, 5.74) is 0. The van der Waals surface area contributed by atoms with Crippen molar-refractivity contribution in [1.29, 1.82) is 0 Å². The van der Waals surface area contributed by atoms with E-state index in [1.807, 2.05) is 0 Å². The van der Waals surface area contributed by atoms with Crippen LogP contribution in [0.5, 0.6) is 0 Å². The van der Waals surface area contributed by atoms with Crippen molar-refractivity contribution in [3.63, 3.8) is 0 Å². The predicted molar refractivity (Wildman–Crippen MR) is 71.6 cm³/mol. The number of hydrogen-bond acceptors (Lipinski definition) is 2. The van der Waals surface area contributed by atoms with Gasteiger partial charge in [0.1, 0.15) is 0 Å². The second-order valence-corrected chi connectivity index (χ2v) is 6.44. The lowest BCUT2D eigenvalue weighted by Crippen LogP contribution is -2.51. The van der Waals surface area contributed by atoms with Crippen LogP contribution in [0.4, 0.5) is 0 Å². The van der Waals surface area contributed by atoms with Gasteiger partial charge in [0.15, 0.2) is 0 Å². The number of rotatable bonds is 4. The van der Waals surface area contributed by atoms with Gasteiger partial charge in [-0.05, 0) is 32.6 Å². The third-order valence-electron chi connectivity index (χ3n) is 3.42. The predicted octanol–water partition coefficient (Wildman–Crippen LogP) is 2.31. The van der Waals surface area contributed by atoms with Crippen LogP contribution in [-0.4, -0.2) is 49.9 Å². The van der Waals surface area contributed by atoms with Crippen molar-refractivity contribution in [3.8, 4) is 0 Å². The lowest BCUT2D eigenvalue weighted by atomic mass is 10.1. The van der Waals surface area contributed by atoms with Crippen molar-refractivity contribution in [2.75, 3.05) is 32.4 Å². The van der Waals surface area contributed by atoms with E-state index < -0.39 is 10.1 Å². The third-order valence-corrected chi connectivity index (χ3v) is 3.42. The first-order valence-corrected chi connectivity index (χ1v) is 8.45. The highest BCUT2D eigenvalue weighted by Crippen LogP contribution is 2.19. The fourth-order valence-corrected chi connectivity index (χ4v) is 2.37. The number of unbranched alkanes of at least 4 members (excludes halogenated alkanes) is 1. The molecular formula is C12H28NO3S+. The smallest absolute Gasteiger partial charge is 0.261 e. The fraction of sp³-hybridized carbons (Fsp3) is 1.00. The summed E-state index contributed by atoms with van der Waals surface area (Å²) < 4.78 is 27.3. The molecule has 0 aromatic rings. The van der Waals surface area contributed by atoms with E-state index in [0.29, 0.717) is 6.26 Å². The van der Waals surface area contributed by atoms with Gasteiger partial charge in [-0.2, -0.15) is 8.42 Å². The maximum absolute atomic E-state index is 9.19. The van der Waals surface area contributed by atoms with Gasteiger partial charge in [0.25, 0.3) is 10.1 Å². The first-order chi connectivity index (χ1) is 7.83. The molecule has 0 spiro atoms. The van der Waals surface area contributed by atoms with E-state index in [1.54, 1.807) is 0 Å². The topological polar surface area (TPSA) is 54.4 Å². The van der Waals surface area contributed by atoms with Gasteiger partial charge in [-0.25, -0.2) is 0 Å². The van der Waals surface area contributed by atoms with Crippen molar-refractivity contribution in [3.05, 3.63) is 0 Å². The molecule has 1 rings (SSSR count). The minimum absolute atomic E-state index is 0.715. The third kappa shape index (κ3) is 9.56. The Morgan fingerprint density at radius 1 is 1.12 bits per heavy atom. The number of quaternary nitrogens is 1. The van der Waals surface area contributed by atoms with Crippen LogP contribution in [0.15, 0.2) is 0 Å². The minimum atomic E-state index is -3.67. The summed E-state index contributed by atoms with van der Waals surface area (Å²) in [7, 11) is -3.67. The second-order valence-electron chi connectivity index (χ2n) is 4.98. The maximum Gasteiger partial charge on any atom is 0.261 e. The Labute approximate surface area is 106 Å². The first-order valence-electron chi connectivity index (χ1n) is 6.60. The molecule has 0 amide bonds. The van der Waals surface area contributed by atoms with Crippen molar-refractivity contribution in [1.82, 2.24) is 0 Å². The molecule has 0 radical (unpaired) electrons. The molecule has 1 heterocycles. The highest BCUT2D eigenvalue weighted by atomic mass is 32.2. The maximum atomic E-state index is 9.19. The molecule has 0 aromatic heterocycles. The molecule has 1 N–H and O–H groups in total. The van der Waals surface area contributed by atoms with Gasteiger partial charge < -0.3 is 4.48 Å². The Kier molecular flexibility index (Phi) is 8.00. The summed E-state index contributed by atoms with van der Waals surface area (Å²) in [6, 6.07) is 0. The molecule has 0 aromatic carbocycles. The van der Waals surface area contributed by atoms with Gasteiger partial charge in [0, 0.05) is 0 Å². The molecule has 1 aliphatic heterocycles. The zero-order valence-corrected chi connectivity index (χ0v) is 12.3. The van der Waals surface area contributed by atoms with Crippen LogP contribution < -0.4 is 0 Å². The number of piperidine rings is 1. The summed E-state index contributed by atoms with van der Waals surface area (Å²) >= 11 is 0. The molecule has 4 nitrogen and oxygen atoms in total. The Balaban J connectivity index is 0.000000437. The van der Waals surface area contributed by atoms with Crippen LogP contribution in [0, 0.1) is 0 Å².